The minimum Gasteiger partial charge on any atom is -0.491 e. The maximum absolute atomic E-state index is 12.4. The van der Waals surface area contributed by atoms with Crippen molar-refractivity contribution in [1.82, 2.24) is 10.2 Å². The zero-order chi connectivity index (χ0) is 16.3. The number of hydrogen-bond acceptors (Lipinski definition) is 4. The molecule has 1 N–H and O–H groups in total. The Morgan fingerprint density at radius 2 is 1.96 bits per heavy atom. The van der Waals surface area contributed by atoms with E-state index in [0.717, 1.165) is 44.6 Å². The summed E-state index contributed by atoms with van der Waals surface area (Å²) in [6.45, 7) is 5.92. The summed E-state index contributed by atoms with van der Waals surface area (Å²) in [5, 5.41) is 3.34. The topological polar surface area (TPSA) is 50.8 Å². The summed E-state index contributed by atoms with van der Waals surface area (Å²) in [5.74, 6) is 0.920. The molecule has 1 fully saturated rings. The number of carbonyl (C=O) groups is 1. The molecule has 0 bridgehead atoms. The molecule has 1 saturated heterocycles. The van der Waals surface area contributed by atoms with E-state index in [0.29, 0.717) is 19.3 Å². The molecule has 23 heavy (non-hydrogen) atoms. The van der Waals surface area contributed by atoms with Crippen molar-refractivity contribution in [3.8, 4) is 5.75 Å². The van der Waals surface area contributed by atoms with E-state index in [1.165, 1.54) is 0 Å². The third kappa shape index (κ3) is 6.20. The third-order valence-electron chi connectivity index (χ3n) is 4.00. The van der Waals surface area contributed by atoms with E-state index in [1.54, 1.807) is 0 Å². The fourth-order valence-electron chi connectivity index (χ4n) is 2.85. The second-order valence-electron chi connectivity index (χ2n) is 5.78. The average molecular weight is 320 g/mol. The zero-order valence-electron chi connectivity index (χ0n) is 14.0. The van der Waals surface area contributed by atoms with Gasteiger partial charge in [0.15, 0.2) is 0 Å². The number of nitrogens with zero attached hydrogens (tertiary/aromatic N) is 1. The van der Waals surface area contributed by atoms with Crippen LogP contribution in [-0.2, 0) is 9.53 Å². The molecule has 0 radical (unpaired) electrons. The van der Waals surface area contributed by atoms with Crippen molar-refractivity contribution in [2.75, 3.05) is 39.5 Å². The number of amides is 1. The number of nitrogens with one attached hydrogen (secondary N) is 1. The minimum absolute atomic E-state index is 0.0958. The Morgan fingerprint density at radius 1 is 1.22 bits per heavy atom. The molecule has 128 valence electrons. The summed E-state index contributed by atoms with van der Waals surface area (Å²) >= 11 is 0. The molecule has 0 atom stereocenters. The number of benzene rings is 1. The van der Waals surface area contributed by atoms with Gasteiger partial charge < -0.3 is 19.7 Å². The summed E-state index contributed by atoms with van der Waals surface area (Å²) < 4.78 is 11.1. The molecule has 1 amide bonds. The van der Waals surface area contributed by atoms with Crippen LogP contribution in [0.2, 0.25) is 0 Å². The maximum atomic E-state index is 12.4. The smallest absolute Gasteiger partial charge is 0.248 e. The largest absolute Gasteiger partial charge is 0.491 e. The van der Waals surface area contributed by atoms with E-state index in [9.17, 15) is 4.79 Å². The number of piperidine rings is 1. The van der Waals surface area contributed by atoms with E-state index in [2.05, 4.69) is 12.2 Å². The first-order valence-corrected chi connectivity index (χ1v) is 8.57. The van der Waals surface area contributed by atoms with Crippen molar-refractivity contribution in [2.45, 2.75) is 32.2 Å². The van der Waals surface area contributed by atoms with Crippen molar-refractivity contribution in [3.63, 3.8) is 0 Å². The molecule has 0 spiro atoms. The summed E-state index contributed by atoms with van der Waals surface area (Å²) in [6, 6.07) is 9.98. The zero-order valence-corrected chi connectivity index (χ0v) is 14.0. The van der Waals surface area contributed by atoms with Crippen LogP contribution >= 0.6 is 0 Å². The van der Waals surface area contributed by atoms with E-state index in [4.69, 9.17) is 9.47 Å². The summed E-state index contributed by atoms with van der Waals surface area (Å²) in [5.41, 5.74) is 0. The lowest BCUT2D eigenvalue weighted by molar-refractivity contribution is -0.139. The van der Waals surface area contributed by atoms with E-state index >= 15 is 0 Å². The third-order valence-corrected chi connectivity index (χ3v) is 4.00. The lowest BCUT2D eigenvalue weighted by atomic mass is 10.0. The Bertz CT molecular complexity index is 447. The monoisotopic (exact) mass is 320 g/mol. The molecule has 0 saturated carbocycles. The van der Waals surface area contributed by atoms with Crippen LogP contribution < -0.4 is 10.1 Å². The van der Waals surface area contributed by atoms with Gasteiger partial charge in [-0.2, -0.15) is 0 Å². The Hall–Kier alpha value is -1.59. The Kier molecular flexibility index (Phi) is 7.90. The van der Waals surface area contributed by atoms with Gasteiger partial charge in [0.2, 0.25) is 5.91 Å². The van der Waals surface area contributed by atoms with Crippen LogP contribution in [0.25, 0.3) is 0 Å². The summed E-state index contributed by atoms with van der Waals surface area (Å²) in [6.07, 6.45) is 3.04. The number of rotatable bonds is 9. The molecule has 1 aromatic carbocycles. The summed E-state index contributed by atoms with van der Waals surface area (Å²) in [7, 11) is 0. The van der Waals surface area contributed by atoms with Crippen LogP contribution in [0, 0.1) is 0 Å². The van der Waals surface area contributed by atoms with Gasteiger partial charge in [0.05, 0.1) is 6.61 Å². The van der Waals surface area contributed by atoms with Crippen LogP contribution in [0.4, 0.5) is 0 Å². The highest BCUT2D eigenvalue weighted by atomic mass is 16.5. The predicted molar refractivity (Wildman–Crippen MR) is 90.7 cm³/mol. The van der Waals surface area contributed by atoms with Crippen LogP contribution in [-0.4, -0.2) is 56.3 Å². The van der Waals surface area contributed by atoms with Gasteiger partial charge >= 0.3 is 0 Å². The van der Waals surface area contributed by atoms with Gasteiger partial charge in [-0.3, -0.25) is 4.79 Å². The normalized spacial score (nSPS) is 15.3. The molecule has 5 heteroatoms. The number of hydrogen-bond donors (Lipinski definition) is 1. The van der Waals surface area contributed by atoms with E-state index in [1.807, 2.05) is 35.2 Å². The fourth-order valence-corrected chi connectivity index (χ4v) is 2.85. The number of ether oxygens (including phenoxy) is 2. The highest BCUT2D eigenvalue weighted by Gasteiger charge is 2.24. The van der Waals surface area contributed by atoms with Crippen LogP contribution in [0.5, 0.6) is 5.75 Å². The van der Waals surface area contributed by atoms with Crippen molar-refractivity contribution in [3.05, 3.63) is 30.3 Å². The molecule has 2 rings (SSSR count). The van der Waals surface area contributed by atoms with Gasteiger partial charge in [0.25, 0.3) is 0 Å². The quantitative estimate of drug-likeness (QED) is 0.708. The predicted octanol–water partition coefficient (Wildman–Crippen LogP) is 2.07. The number of para-hydroxylation sites is 1. The molecule has 1 aliphatic rings. The van der Waals surface area contributed by atoms with Crippen molar-refractivity contribution < 1.29 is 14.3 Å². The Morgan fingerprint density at radius 3 is 2.65 bits per heavy atom. The molecular formula is C18H28N2O3. The van der Waals surface area contributed by atoms with Crippen molar-refractivity contribution >= 4 is 5.91 Å². The van der Waals surface area contributed by atoms with Gasteiger partial charge in [-0.1, -0.05) is 25.1 Å². The molecular weight excluding hydrogens is 292 g/mol. The van der Waals surface area contributed by atoms with Gasteiger partial charge in [0.1, 0.15) is 19.0 Å². The molecule has 1 aromatic rings. The maximum Gasteiger partial charge on any atom is 0.248 e. The van der Waals surface area contributed by atoms with Gasteiger partial charge in [-0.25, -0.2) is 0 Å². The standard InChI is InChI=1S/C18H28N2O3/c1-2-12-20(16-8-10-19-11-9-16)18(21)15-22-13-14-23-17-6-4-3-5-7-17/h3-7,16,19H,2,8-15H2,1H3. The molecule has 5 nitrogen and oxygen atoms in total. The second kappa shape index (κ2) is 10.2. The van der Waals surface area contributed by atoms with Gasteiger partial charge in [-0.05, 0) is 44.5 Å². The van der Waals surface area contributed by atoms with Crippen molar-refractivity contribution in [1.29, 1.82) is 0 Å². The first-order chi connectivity index (χ1) is 11.3. The first-order valence-electron chi connectivity index (χ1n) is 8.57. The molecule has 1 aliphatic heterocycles. The number of carbonyl (C=O) groups excluding carboxylic acids is 1. The molecule has 0 unspecified atom stereocenters. The van der Waals surface area contributed by atoms with Gasteiger partial charge in [0, 0.05) is 12.6 Å². The van der Waals surface area contributed by atoms with Crippen molar-refractivity contribution in [2.24, 2.45) is 0 Å². The van der Waals surface area contributed by atoms with Crippen LogP contribution in [0.1, 0.15) is 26.2 Å². The lowest BCUT2D eigenvalue weighted by Gasteiger charge is -2.34. The molecule has 1 heterocycles. The van der Waals surface area contributed by atoms with Crippen LogP contribution in [0.15, 0.2) is 30.3 Å². The lowest BCUT2D eigenvalue weighted by Crippen LogP contribution is -2.47. The van der Waals surface area contributed by atoms with Crippen LogP contribution in [0.3, 0.4) is 0 Å². The highest BCUT2D eigenvalue weighted by molar-refractivity contribution is 5.77. The first kappa shape index (κ1) is 17.8. The second-order valence-corrected chi connectivity index (χ2v) is 5.78. The minimum atomic E-state index is 0.0958. The fraction of sp³-hybridized carbons (Fsp3) is 0.611. The molecule has 0 aliphatic carbocycles. The van der Waals surface area contributed by atoms with Gasteiger partial charge in [-0.15, -0.1) is 0 Å². The average Bonchev–Trinajstić information content (AvgIpc) is 2.61. The Labute approximate surface area is 139 Å². The SMILES string of the molecule is CCCN(C(=O)COCCOc1ccccc1)C1CCNCC1. The Balaban J connectivity index is 1.67. The highest BCUT2D eigenvalue weighted by Crippen LogP contribution is 2.13. The van der Waals surface area contributed by atoms with E-state index in [-0.39, 0.29) is 12.5 Å². The molecule has 0 aromatic heterocycles. The van der Waals surface area contributed by atoms with E-state index < -0.39 is 0 Å². The summed E-state index contributed by atoms with van der Waals surface area (Å²) in [4.78, 5) is 14.4.